The van der Waals surface area contributed by atoms with Crippen molar-refractivity contribution in [3.63, 3.8) is 0 Å². The SMILES string of the molecule is CCC(CCO)NC(=O)c1cccn1C1CCC1. The lowest BCUT2D eigenvalue weighted by molar-refractivity contribution is 0.0914. The second-order valence-electron chi connectivity index (χ2n) is 4.98. The fraction of sp³-hybridized carbons (Fsp3) is 0.643. The van der Waals surface area contributed by atoms with Gasteiger partial charge >= 0.3 is 0 Å². The molecule has 0 aromatic carbocycles. The molecule has 100 valence electrons. The van der Waals surface area contributed by atoms with Gasteiger partial charge in [-0.2, -0.15) is 0 Å². The van der Waals surface area contributed by atoms with Gasteiger partial charge in [0.05, 0.1) is 0 Å². The fourth-order valence-electron chi connectivity index (χ4n) is 2.36. The quantitative estimate of drug-likeness (QED) is 0.812. The van der Waals surface area contributed by atoms with E-state index >= 15 is 0 Å². The smallest absolute Gasteiger partial charge is 0.268 e. The first kappa shape index (κ1) is 13.1. The number of carbonyl (C=O) groups is 1. The molecule has 1 unspecified atom stereocenters. The molecule has 1 aromatic heterocycles. The Balaban J connectivity index is 2.01. The molecule has 0 saturated heterocycles. The zero-order chi connectivity index (χ0) is 13.0. The summed E-state index contributed by atoms with van der Waals surface area (Å²) in [5.74, 6) is -0.0211. The van der Waals surface area contributed by atoms with Crippen LogP contribution in [0.25, 0.3) is 0 Å². The average molecular weight is 250 g/mol. The summed E-state index contributed by atoms with van der Waals surface area (Å²) in [6.07, 6.45) is 7.05. The number of nitrogens with zero attached hydrogens (tertiary/aromatic N) is 1. The van der Waals surface area contributed by atoms with Gasteiger partial charge in [0.1, 0.15) is 5.69 Å². The molecular formula is C14H22N2O2. The Bertz CT molecular complexity index is 396. The molecule has 0 bridgehead atoms. The maximum absolute atomic E-state index is 12.2. The molecule has 1 aromatic rings. The van der Waals surface area contributed by atoms with Gasteiger partial charge < -0.3 is 15.0 Å². The summed E-state index contributed by atoms with van der Waals surface area (Å²) < 4.78 is 2.09. The minimum absolute atomic E-state index is 0.0211. The number of aliphatic hydroxyl groups excluding tert-OH is 1. The predicted molar refractivity (Wildman–Crippen MR) is 70.6 cm³/mol. The lowest BCUT2D eigenvalue weighted by Crippen LogP contribution is -2.36. The molecule has 1 aliphatic rings. The lowest BCUT2D eigenvalue weighted by Gasteiger charge is -2.29. The van der Waals surface area contributed by atoms with Crippen molar-refractivity contribution < 1.29 is 9.90 Å². The van der Waals surface area contributed by atoms with Crippen molar-refractivity contribution in [3.8, 4) is 0 Å². The highest BCUT2D eigenvalue weighted by Crippen LogP contribution is 2.32. The van der Waals surface area contributed by atoms with Crippen molar-refractivity contribution in [2.75, 3.05) is 6.61 Å². The molecule has 4 heteroatoms. The van der Waals surface area contributed by atoms with Gasteiger partial charge in [-0.1, -0.05) is 6.92 Å². The summed E-state index contributed by atoms with van der Waals surface area (Å²) in [6, 6.07) is 4.37. The zero-order valence-corrected chi connectivity index (χ0v) is 10.9. The van der Waals surface area contributed by atoms with Gasteiger partial charge in [-0.15, -0.1) is 0 Å². The van der Waals surface area contributed by atoms with Gasteiger partial charge in [0.25, 0.3) is 5.91 Å². The van der Waals surface area contributed by atoms with Gasteiger partial charge in [-0.3, -0.25) is 4.79 Å². The number of amides is 1. The molecule has 1 fully saturated rings. The Morgan fingerprint density at radius 1 is 1.61 bits per heavy atom. The minimum atomic E-state index is -0.0211. The molecule has 1 heterocycles. The van der Waals surface area contributed by atoms with Crippen LogP contribution < -0.4 is 5.32 Å². The van der Waals surface area contributed by atoms with Crippen molar-refractivity contribution in [1.82, 2.24) is 9.88 Å². The van der Waals surface area contributed by atoms with Crippen molar-refractivity contribution in [2.24, 2.45) is 0 Å². The molecule has 1 amide bonds. The van der Waals surface area contributed by atoms with E-state index in [4.69, 9.17) is 5.11 Å². The molecule has 18 heavy (non-hydrogen) atoms. The van der Waals surface area contributed by atoms with Crippen LogP contribution in [0.1, 0.15) is 55.6 Å². The average Bonchev–Trinajstić information content (AvgIpc) is 2.75. The van der Waals surface area contributed by atoms with Crippen LogP contribution in [0, 0.1) is 0 Å². The van der Waals surface area contributed by atoms with Crippen LogP contribution >= 0.6 is 0 Å². The summed E-state index contributed by atoms with van der Waals surface area (Å²) >= 11 is 0. The van der Waals surface area contributed by atoms with E-state index in [0.29, 0.717) is 12.5 Å². The van der Waals surface area contributed by atoms with Crippen LogP contribution in [0.4, 0.5) is 0 Å². The van der Waals surface area contributed by atoms with Gasteiger partial charge in [-0.05, 0) is 44.2 Å². The summed E-state index contributed by atoms with van der Waals surface area (Å²) in [5, 5.41) is 11.9. The maximum atomic E-state index is 12.2. The highest BCUT2D eigenvalue weighted by molar-refractivity contribution is 5.93. The van der Waals surface area contributed by atoms with Crippen LogP contribution in [0.2, 0.25) is 0 Å². The Morgan fingerprint density at radius 2 is 2.39 bits per heavy atom. The van der Waals surface area contributed by atoms with Crippen molar-refractivity contribution in [1.29, 1.82) is 0 Å². The standard InChI is InChI=1S/C14H22N2O2/c1-2-11(8-10-17)15-14(18)13-7-4-9-16(13)12-5-3-6-12/h4,7,9,11-12,17H,2-3,5-6,8,10H2,1H3,(H,15,18). The van der Waals surface area contributed by atoms with Crippen LogP contribution in [0.3, 0.4) is 0 Å². The van der Waals surface area contributed by atoms with Gasteiger partial charge in [0.2, 0.25) is 0 Å². The maximum Gasteiger partial charge on any atom is 0.268 e. The third kappa shape index (κ3) is 2.75. The summed E-state index contributed by atoms with van der Waals surface area (Å²) in [4.78, 5) is 12.2. The Morgan fingerprint density at radius 3 is 2.94 bits per heavy atom. The van der Waals surface area contributed by atoms with Gasteiger partial charge in [-0.25, -0.2) is 0 Å². The normalized spacial score (nSPS) is 17.2. The third-order valence-corrected chi connectivity index (χ3v) is 3.79. The minimum Gasteiger partial charge on any atom is -0.396 e. The first-order chi connectivity index (χ1) is 8.76. The molecule has 2 N–H and O–H groups in total. The van der Waals surface area contributed by atoms with E-state index in [0.717, 1.165) is 12.1 Å². The largest absolute Gasteiger partial charge is 0.396 e. The third-order valence-electron chi connectivity index (χ3n) is 3.79. The number of carbonyl (C=O) groups excluding carboxylic acids is 1. The van der Waals surface area contributed by atoms with Crippen molar-refractivity contribution >= 4 is 5.91 Å². The van der Waals surface area contributed by atoms with E-state index in [9.17, 15) is 4.79 Å². The van der Waals surface area contributed by atoms with Gasteiger partial charge in [0.15, 0.2) is 0 Å². The molecular weight excluding hydrogens is 228 g/mol. The van der Waals surface area contributed by atoms with E-state index in [1.807, 2.05) is 25.3 Å². The lowest BCUT2D eigenvalue weighted by atomic mass is 9.93. The monoisotopic (exact) mass is 250 g/mol. The van der Waals surface area contributed by atoms with E-state index in [1.54, 1.807) is 0 Å². The predicted octanol–water partition coefficient (Wildman–Crippen LogP) is 2.10. The summed E-state index contributed by atoms with van der Waals surface area (Å²) in [6.45, 7) is 2.13. The van der Waals surface area contributed by atoms with E-state index in [1.165, 1.54) is 19.3 Å². The van der Waals surface area contributed by atoms with Crippen LogP contribution in [-0.2, 0) is 0 Å². The Kier molecular flexibility index (Phi) is 4.42. The Labute approximate surface area is 108 Å². The molecule has 0 spiro atoms. The molecule has 0 aliphatic heterocycles. The summed E-state index contributed by atoms with van der Waals surface area (Å²) in [5.41, 5.74) is 0.746. The molecule has 1 saturated carbocycles. The van der Waals surface area contributed by atoms with Crippen LogP contribution in [0.5, 0.6) is 0 Å². The first-order valence-corrected chi connectivity index (χ1v) is 6.84. The Hall–Kier alpha value is -1.29. The molecule has 1 atom stereocenters. The molecule has 2 rings (SSSR count). The second kappa shape index (κ2) is 6.05. The van der Waals surface area contributed by atoms with E-state index in [-0.39, 0.29) is 18.6 Å². The van der Waals surface area contributed by atoms with Crippen molar-refractivity contribution in [3.05, 3.63) is 24.0 Å². The van der Waals surface area contributed by atoms with Crippen LogP contribution in [0.15, 0.2) is 18.3 Å². The molecule has 1 aliphatic carbocycles. The number of nitrogens with one attached hydrogen (secondary N) is 1. The fourth-order valence-corrected chi connectivity index (χ4v) is 2.36. The zero-order valence-electron chi connectivity index (χ0n) is 10.9. The first-order valence-electron chi connectivity index (χ1n) is 6.84. The topological polar surface area (TPSA) is 54.3 Å². The second-order valence-corrected chi connectivity index (χ2v) is 4.98. The number of hydrogen-bond acceptors (Lipinski definition) is 2. The number of aliphatic hydroxyl groups is 1. The van der Waals surface area contributed by atoms with Crippen LogP contribution in [-0.4, -0.2) is 28.2 Å². The van der Waals surface area contributed by atoms with E-state index < -0.39 is 0 Å². The summed E-state index contributed by atoms with van der Waals surface area (Å²) in [7, 11) is 0. The highest BCUT2D eigenvalue weighted by atomic mass is 16.3. The molecule has 4 nitrogen and oxygen atoms in total. The van der Waals surface area contributed by atoms with Crippen molar-refractivity contribution in [2.45, 2.75) is 51.1 Å². The highest BCUT2D eigenvalue weighted by Gasteiger charge is 2.23. The van der Waals surface area contributed by atoms with Gasteiger partial charge in [0, 0.05) is 24.9 Å². The number of rotatable bonds is 6. The number of hydrogen-bond donors (Lipinski definition) is 2. The van der Waals surface area contributed by atoms with E-state index in [2.05, 4.69) is 9.88 Å². The molecule has 0 radical (unpaired) electrons. The number of aromatic nitrogens is 1.